The largest absolute Gasteiger partial charge is 0.357 e. The Balaban J connectivity index is 0.00000364. The summed E-state index contributed by atoms with van der Waals surface area (Å²) in [6.45, 7) is 8.72. The minimum Gasteiger partial charge on any atom is -0.357 e. The molecule has 1 aromatic rings. The number of halogens is 1. The summed E-state index contributed by atoms with van der Waals surface area (Å²) in [4.78, 5) is 4.96. The van der Waals surface area contributed by atoms with E-state index in [0.29, 0.717) is 30.6 Å². The Hall–Kier alpha value is -0.870. The molecule has 1 aromatic carbocycles. The fourth-order valence-corrected chi connectivity index (χ4v) is 4.47. The number of benzene rings is 1. The predicted octanol–water partition coefficient (Wildman–Crippen LogP) is 3.33. The van der Waals surface area contributed by atoms with Gasteiger partial charge in [0.15, 0.2) is 5.96 Å². The molecule has 154 valence electrons. The Morgan fingerprint density at radius 2 is 1.93 bits per heavy atom. The lowest BCUT2D eigenvalue weighted by molar-refractivity contribution is 0.346. The highest BCUT2D eigenvalue weighted by molar-refractivity contribution is 14.0. The van der Waals surface area contributed by atoms with Crippen LogP contribution < -0.4 is 10.6 Å². The standard InChI is InChI=1S/C19H32N4O2S.HI/c1-4-16(3)22-19(20-5-2)21-15-17-10-9-11-18(14-17)26(24,25)23-12-7-6-8-13-23;/h9-11,14,16H,4-8,12-13,15H2,1-3H3,(H2,20,21,22);1H. The summed E-state index contributed by atoms with van der Waals surface area (Å²) < 4.78 is 27.3. The van der Waals surface area contributed by atoms with Crippen LogP contribution in [0.25, 0.3) is 0 Å². The van der Waals surface area contributed by atoms with Crippen LogP contribution in [0.15, 0.2) is 34.2 Å². The van der Waals surface area contributed by atoms with E-state index in [9.17, 15) is 8.42 Å². The lowest BCUT2D eigenvalue weighted by Crippen LogP contribution is -2.41. The number of aliphatic imine (C=N–C) groups is 1. The van der Waals surface area contributed by atoms with Gasteiger partial charge in [0.05, 0.1) is 11.4 Å². The van der Waals surface area contributed by atoms with E-state index in [1.807, 2.05) is 13.0 Å². The molecule has 0 aliphatic carbocycles. The van der Waals surface area contributed by atoms with Crippen molar-refractivity contribution in [3.05, 3.63) is 29.8 Å². The van der Waals surface area contributed by atoms with Crippen LogP contribution in [0.1, 0.15) is 52.0 Å². The number of guanidine groups is 1. The first kappa shape index (κ1) is 24.2. The summed E-state index contributed by atoms with van der Waals surface area (Å²) in [6.07, 6.45) is 4.00. The van der Waals surface area contributed by atoms with Crippen molar-refractivity contribution in [1.29, 1.82) is 0 Å². The lowest BCUT2D eigenvalue weighted by atomic mass is 10.2. The summed E-state index contributed by atoms with van der Waals surface area (Å²) in [7, 11) is -3.40. The average Bonchev–Trinajstić information content (AvgIpc) is 2.67. The van der Waals surface area contributed by atoms with Crippen molar-refractivity contribution < 1.29 is 8.42 Å². The SMILES string of the molecule is CCNC(=NCc1cccc(S(=O)(=O)N2CCCCC2)c1)NC(C)CC.I. The van der Waals surface area contributed by atoms with E-state index in [1.165, 1.54) is 0 Å². The first-order chi connectivity index (χ1) is 12.5. The summed E-state index contributed by atoms with van der Waals surface area (Å²) in [6, 6.07) is 7.49. The molecule has 1 aliphatic rings. The number of sulfonamides is 1. The van der Waals surface area contributed by atoms with Crippen LogP contribution in [0, 0.1) is 0 Å². The smallest absolute Gasteiger partial charge is 0.243 e. The number of hydrogen-bond donors (Lipinski definition) is 2. The fraction of sp³-hybridized carbons (Fsp3) is 0.632. The molecule has 1 saturated heterocycles. The van der Waals surface area contributed by atoms with E-state index in [4.69, 9.17) is 0 Å². The maximum absolute atomic E-state index is 12.8. The van der Waals surface area contributed by atoms with Gasteiger partial charge in [0.25, 0.3) is 0 Å². The van der Waals surface area contributed by atoms with Crippen LogP contribution in [-0.4, -0.2) is 44.4 Å². The first-order valence-electron chi connectivity index (χ1n) is 9.61. The van der Waals surface area contributed by atoms with Crippen LogP contribution in [0.4, 0.5) is 0 Å². The molecule has 0 aromatic heterocycles. The van der Waals surface area contributed by atoms with Gasteiger partial charge in [0.2, 0.25) is 10.0 Å². The highest BCUT2D eigenvalue weighted by Gasteiger charge is 2.25. The number of piperidine rings is 1. The monoisotopic (exact) mass is 508 g/mol. The Labute approximate surface area is 181 Å². The highest BCUT2D eigenvalue weighted by Crippen LogP contribution is 2.21. The van der Waals surface area contributed by atoms with E-state index < -0.39 is 10.0 Å². The molecular formula is C19H33IN4O2S. The van der Waals surface area contributed by atoms with Gasteiger partial charge in [-0.25, -0.2) is 13.4 Å². The van der Waals surface area contributed by atoms with Gasteiger partial charge < -0.3 is 10.6 Å². The predicted molar refractivity (Wildman–Crippen MR) is 122 cm³/mol. The van der Waals surface area contributed by atoms with Gasteiger partial charge in [-0.2, -0.15) is 4.31 Å². The number of nitrogens with zero attached hydrogens (tertiary/aromatic N) is 2. The number of rotatable bonds is 7. The van der Waals surface area contributed by atoms with Crippen LogP contribution >= 0.6 is 24.0 Å². The zero-order chi connectivity index (χ0) is 19.0. The molecule has 1 heterocycles. The molecule has 1 aliphatic heterocycles. The summed E-state index contributed by atoms with van der Waals surface area (Å²) >= 11 is 0. The topological polar surface area (TPSA) is 73.8 Å². The van der Waals surface area contributed by atoms with Gasteiger partial charge in [-0.05, 0) is 50.8 Å². The number of nitrogens with one attached hydrogen (secondary N) is 2. The van der Waals surface area contributed by atoms with Gasteiger partial charge in [-0.1, -0.05) is 25.5 Å². The molecule has 0 saturated carbocycles. The maximum atomic E-state index is 12.8. The normalized spacial score (nSPS) is 17.1. The lowest BCUT2D eigenvalue weighted by Gasteiger charge is -2.26. The molecule has 0 bridgehead atoms. The summed E-state index contributed by atoms with van der Waals surface area (Å²) in [5, 5.41) is 6.57. The van der Waals surface area contributed by atoms with E-state index in [1.54, 1.807) is 22.5 Å². The fourth-order valence-electron chi connectivity index (χ4n) is 2.88. The van der Waals surface area contributed by atoms with E-state index in [0.717, 1.165) is 43.8 Å². The van der Waals surface area contributed by atoms with Crippen LogP contribution in [-0.2, 0) is 16.6 Å². The quantitative estimate of drug-likeness (QED) is 0.337. The van der Waals surface area contributed by atoms with Crippen molar-refractivity contribution in [2.75, 3.05) is 19.6 Å². The molecule has 1 atom stereocenters. The second kappa shape index (κ2) is 11.9. The molecule has 0 radical (unpaired) electrons. The average molecular weight is 508 g/mol. The Bertz CT molecular complexity index is 703. The molecular weight excluding hydrogens is 475 g/mol. The molecule has 2 rings (SSSR count). The van der Waals surface area contributed by atoms with Gasteiger partial charge in [0.1, 0.15) is 0 Å². The maximum Gasteiger partial charge on any atom is 0.243 e. The molecule has 1 fully saturated rings. The highest BCUT2D eigenvalue weighted by atomic mass is 127. The summed E-state index contributed by atoms with van der Waals surface area (Å²) in [5.41, 5.74) is 0.893. The zero-order valence-corrected chi connectivity index (χ0v) is 19.7. The molecule has 0 amide bonds. The molecule has 6 nitrogen and oxygen atoms in total. The van der Waals surface area contributed by atoms with Gasteiger partial charge >= 0.3 is 0 Å². The van der Waals surface area contributed by atoms with Crippen LogP contribution in [0.2, 0.25) is 0 Å². The zero-order valence-electron chi connectivity index (χ0n) is 16.6. The van der Waals surface area contributed by atoms with Gasteiger partial charge in [-0.3, -0.25) is 0 Å². The Morgan fingerprint density at radius 1 is 1.22 bits per heavy atom. The second-order valence-corrected chi connectivity index (χ2v) is 8.70. The third-order valence-electron chi connectivity index (χ3n) is 4.61. The second-order valence-electron chi connectivity index (χ2n) is 6.76. The van der Waals surface area contributed by atoms with Gasteiger partial charge in [0, 0.05) is 25.7 Å². The first-order valence-corrected chi connectivity index (χ1v) is 11.0. The molecule has 27 heavy (non-hydrogen) atoms. The molecule has 1 unspecified atom stereocenters. The van der Waals surface area contributed by atoms with E-state index >= 15 is 0 Å². The van der Waals surface area contributed by atoms with Crippen LogP contribution in [0.5, 0.6) is 0 Å². The number of hydrogen-bond acceptors (Lipinski definition) is 3. The van der Waals surface area contributed by atoms with Gasteiger partial charge in [-0.15, -0.1) is 24.0 Å². The van der Waals surface area contributed by atoms with Crippen molar-refractivity contribution in [1.82, 2.24) is 14.9 Å². The van der Waals surface area contributed by atoms with Crippen molar-refractivity contribution in [3.8, 4) is 0 Å². The molecule has 2 N–H and O–H groups in total. The van der Waals surface area contributed by atoms with E-state index in [2.05, 4.69) is 29.5 Å². The van der Waals surface area contributed by atoms with Crippen LogP contribution in [0.3, 0.4) is 0 Å². The van der Waals surface area contributed by atoms with Crippen molar-refractivity contribution in [3.63, 3.8) is 0 Å². The third-order valence-corrected chi connectivity index (χ3v) is 6.51. The van der Waals surface area contributed by atoms with E-state index in [-0.39, 0.29) is 24.0 Å². The van der Waals surface area contributed by atoms with Crippen molar-refractivity contribution in [2.24, 2.45) is 4.99 Å². The third kappa shape index (κ3) is 7.23. The Kier molecular flexibility index (Phi) is 10.6. The van der Waals surface area contributed by atoms with Crippen molar-refractivity contribution >= 4 is 40.0 Å². The Morgan fingerprint density at radius 3 is 2.56 bits per heavy atom. The minimum absolute atomic E-state index is 0. The minimum atomic E-state index is -3.40. The molecule has 8 heteroatoms. The summed E-state index contributed by atoms with van der Waals surface area (Å²) in [5.74, 6) is 0.756. The molecule has 0 spiro atoms. The van der Waals surface area contributed by atoms with Crippen molar-refractivity contribution in [2.45, 2.75) is 63.9 Å².